The summed E-state index contributed by atoms with van der Waals surface area (Å²) in [5.41, 5.74) is 2.64. The molecule has 0 aliphatic rings. The number of para-hydroxylation sites is 1. The number of aromatic nitrogens is 3. The number of rotatable bonds is 3. The van der Waals surface area contributed by atoms with Crippen LogP contribution in [0.15, 0.2) is 47.2 Å². The summed E-state index contributed by atoms with van der Waals surface area (Å²) in [6.45, 7) is 1.95. The second kappa shape index (κ2) is 5.13. The van der Waals surface area contributed by atoms with Gasteiger partial charge < -0.3 is 9.63 Å². The monoisotopic (exact) mass is 267 g/mol. The Morgan fingerprint density at radius 1 is 1.20 bits per heavy atom. The minimum Gasteiger partial charge on any atom is -0.508 e. The molecule has 0 bridgehead atoms. The van der Waals surface area contributed by atoms with Crippen molar-refractivity contribution >= 4 is 0 Å². The third-order valence-electron chi connectivity index (χ3n) is 3.06. The quantitative estimate of drug-likeness (QED) is 0.790. The molecule has 0 saturated carbocycles. The molecular weight excluding hydrogens is 254 g/mol. The van der Waals surface area contributed by atoms with Crippen LogP contribution in [0.3, 0.4) is 0 Å². The number of aryl methyl sites for hydroxylation is 1. The second-order valence-electron chi connectivity index (χ2n) is 4.51. The van der Waals surface area contributed by atoms with Crippen molar-refractivity contribution < 1.29 is 9.63 Å². The van der Waals surface area contributed by atoms with Crippen molar-refractivity contribution in [1.29, 1.82) is 0 Å². The molecule has 0 unspecified atom stereocenters. The fourth-order valence-corrected chi connectivity index (χ4v) is 1.98. The van der Waals surface area contributed by atoms with E-state index in [9.17, 15) is 5.11 Å². The van der Waals surface area contributed by atoms with Crippen LogP contribution in [0.5, 0.6) is 5.75 Å². The fraction of sp³-hybridized carbons (Fsp3) is 0.133. The Bertz CT molecular complexity index is 737. The maximum Gasteiger partial charge on any atom is 0.231 e. The predicted molar refractivity (Wildman–Crippen MR) is 73.2 cm³/mol. The number of aromatic hydroxyl groups is 1. The number of hydrogen-bond donors (Lipinski definition) is 1. The lowest BCUT2D eigenvalue weighted by molar-refractivity contribution is 0.383. The van der Waals surface area contributed by atoms with E-state index in [0.29, 0.717) is 18.1 Å². The van der Waals surface area contributed by atoms with E-state index in [1.54, 1.807) is 24.5 Å². The lowest BCUT2D eigenvalue weighted by atomic mass is 10.1. The standard InChI is InChI=1S/C15H13N3O2/c1-10-9-16-7-6-12(10)15-17-14(20-18-15)8-11-4-2-3-5-13(11)19/h2-7,9,19H,8H2,1H3. The van der Waals surface area contributed by atoms with Crippen LogP contribution in [-0.2, 0) is 6.42 Å². The number of pyridine rings is 1. The van der Waals surface area contributed by atoms with Crippen LogP contribution in [0.2, 0.25) is 0 Å². The number of phenols is 1. The van der Waals surface area contributed by atoms with Crippen molar-refractivity contribution in [3.63, 3.8) is 0 Å². The summed E-state index contributed by atoms with van der Waals surface area (Å²) < 4.78 is 5.24. The smallest absolute Gasteiger partial charge is 0.231 e. The molecule has 1 aromatic carbocycles. The zero-order valence-corrected chi connectivity index (χ0v) is 10.9. The van der Waals surface area contributed by atoms with Gasteiger partial charge in [0.15, 0.2) is 0 Å². The van der Waals surface area contributed by atoms with Gasteiger partial charge in [-0.25, -0.2) is 0 Å². The van der Waals surface area contributed by atoms with Gasteiger partial charge in [0.1, 0.15) is 5.75 Å². The average Bonchev–Trinajstić information content (AvgIpc) is 2.90. The van der Waals surface area contributed by atoms with Gasteiger partial charge in [0.2, 0.25) is 11.7 Å². The van der Waals surface area contributed by atoms with Crippen LogP contribution in [0.25, 0.3) is 11.4 Å². The highest BCUT2D eigenvalue weighted by Gasteiger charge is 2.12. The van der Waals surface area contributed by atoms with Gasteiger partial charge in [-0.3, -0.25) is 4.98 Å². The Labute approximate surface area is 115 Å². The van der Waals surface area contributed by atoms with Crippen molar-refractivity contribution in [1.82, 2.24) is 15.1 Å². The molecule has 0 aliphatic heterocycles. The van der Waals surface area contributed by atoms with E-state index in [0.717, 1.165) is 16.7 Å². The molecule has 2 heterocycles. The Balaban J connectivity index is 1.88. The lowest BCUT2D eigenvalue weighted by Gasteiger charge is -1.99. The Morgan fingerprint density at radius 3 is 2.85 bits per heavy atom. The molecule has 2 aromatic heterocycles. The average molecular weight is 267 g/mol. The Morgan fingerprint density at radius 2 is 2.05 bits per heavy atom. The van der Waals surface area contributed by atoms with E-state index in [2.05, 4.69) is 15.1 Å². The highest BCUT2D eigenvalue weighted by Crippen LogP contribution is 2.22. The molecule has 0 saturated heterocycles. The number of phenolic OH excluding ortho intramolecular Hbond substituents is 1. The van der Waals surface area contributed by atoms with E-state index in [-0.39, 0.29) is 5.75 Å². The molecular formula is C15H13N3O2. The van der Waals surface area contributed by atoms with Gasteiger partial charge in [0, 0.05) is 23.5 Å². The maximum absolute atomic E-state index is 9.74. The van der Waals surface area contributed by atoms with Gasteiger partial charge in [0.25, 0.3) is 0 Å². The zero-order valence-electron chi connectivity index (χ0n) is 10.9. The van der Waals surface area contributed by atoms with Crippen LogP contribution in [0.1, 0.15) is 17.0 Å². The molecule has 1 N–H and O–H groups in total. The summed E-state index contributed by atoms with van der Waals surface area (Å²) >= 11 is 0. The highest BCUT2D eigenvalue weighted by molar-refractivity contribution is 5.58. The first kappa shape index (κ1) is 12.3. The molecule has 5 nitrogen and oxygen atoms in total. The zero-order chi connectivity index (χ0) is 13.9. The Kier molecular flexibility index (Phi) is 3.16. The molecule has 0 aliphatic carbocycles. The van der Waals surface area contributed by atoms with E-state index < -0.39 is 0 Å². The van der Waals surface area contributed by atoms with Gasteiger partial charge in [-0.1, -0.05) is 23.4 Å². The third kappa shape index (κ3) is 2.38. The summed E-state index contributed by atoms with van der Waals surface area (Å²) in [5, 5.41) is 13.7. The summed E-state index contributed by atoms with van der Waals surface area (Å²) in [5.74, 6) is 1.24. The summed E-state index contributed by atoms with van der Waals surface area (Å²) in [7, 11) is 0. The molecule has 0 spiro atoms. The number of nitrogens with zero attached hydrogens (tertiary/aromatic N) is 3. The van der Waals surface area contributed by atoms with Crippen molar-refractivity contribution in [2.75, 3.05) is 0 Å². The van der Waals surface area contributed by atoms with Crippen molar-refractivity contribution in [2.24, 2.45) is 0 Å². The van der Waals surface area contributed by atoms with Gasteiger partial charge >= 0.3 is 0 Å². The van der Waals surface area contributed by atoms with Gasteiger partial charge in [0.05, 0.1) is 6.42 Å². The Hall–Kier alpha value is -2.69. The minimum atomic E-state index is 0.229. The summed E-state index contributed by atoms with van der Waals surface area (Å²) in [4.78, 5) is 8.40. The van der Waals surface area contributed by atoms with Crippen LogP contribution >= 0.6 is 0 Å². The maximum atomic E-state index is 9.74. The van der Waals surface area contributed by atoms with Crippen LogP contribution < -0.4 is 0 Å². The third-order valence-corrected chi connectivity index (χ3v) is 3.06. The van der Waals surface area contributed by atoms with Crippen molar-refractivity contribution in [3.8, 4) is 17.1 Å². The molecule has 0 fully saturated rings. The molecule has 20 heavy (non-hydrogen) atoms. The SMILES string of the molecule is Cc1cnccc1-c1noc(Cc2ccccc2O)n1. The first-order valence-corrected chi connectivity index (χ1v) is 6.24. The van der Waals surface area contributed by atoms with E-state index in [1.807, 2.05) is 25.1 Å². The molecule has 5 heteroatoms. The lowest BCUT2D eigenvalue weighted by Crippen LogP contribution is -1.90. The molecule has 0 radical (unpaired) electrons. The normalized spacial score (nSPS) is 10.7. The van der Waals surface area contributed by atoms with Gasteiger partial charge in [-0.15, -0.1) is 0 Å². The first-order valence-electron chi connectivity index (χ1n) is 6.24. The van der Waals surface area contributed by atoms with E-state index in [1.165, 1.54) is 0 Å². The van der Waals surface area contributed by atoms with Gasteiger partial charge in [-0.2, -0.15) is 4.98 Å². The number of hydrogen-bond acceptors (Lipinski definition) is 5. The van der Waals surface area contributed by atoms with Crippen molar-refractivity contribution in [2.45, 2.75) is 13.3 Å². The molecule has 0 amide bonds. The van der Waals surface area contributed by atoms with Crippen LogP contribution in [0, 0.1) is 6.92 Å². The molecule has 3 rings (SSSR count). The van der Waals surface area contributed by atoms with Crippen LogP contribution in [-0.4, -0.2) is 20.2 Å². The van der Waals surface area contributed by atoms with E-state index >= 15 is 0 Å². The highest BCUT2D eigenvalue weighted by atomic mass is 16.5. The minimum absolute atomic E-state index is 0.229. The van der Waals surface area contributed by atoms with E-state index in [4.69, 9.17) is 4.52 Å². The van der Waals surface area contributed by atoms with Crippen molar-refractivity contribution in [3.05, 3.63) is 59.7 Å². The van der Waals surface area contributed by atoms with Crippen LogP contribution in [0.4, 0.5) is 0 Å². The largest absolute Gasteiger partial charge is 0.508 e. The summed E-state index contributed by atoms with van der Waals surface area (Å²) in [6.07, 6.45) is 3.86. The summed E-state index contributed by atoms with van der Waals surface area (Å²) in [6, 6.07) is 8.96. The second-order valence-corrected chi connectivity index (χ2v) is 4.51. The predicted octanol–water partition coefficient (Wildman–Crippen LogP) is 2.74. The fourth-order valence-electron chi connectivity index (χ4n) is 1.98. The topological polar surface area (TPSA) is 72.0 Å². The molecule has 3 aromatic rings. The molecule has 0 atom stereocenters. The first-order chi connectivity index (χ1) is 9.74. The molecule has 100 valence electrons. The van der Waals surface area contributed by atoms with Gasteiger partial charge in [-0.05, 0) is 24.6 Å². The number of benzene rings is 1.